The normalized spacial score (nSPS) is 11.7. The average Bonchev–Trinajstić information content (AvgIpc) is 1.90. The van der Waals surface area contributed by atoms with Crippen molar-refractivity contribution < 1.29 is 8.76 Å². The van der Waals surface area contributed by atoms with Crippen molar-refractivity contribution in [3.8, 4) is 0 Å². The first-order valence-electron chi connectivity index (χ1n) is 2.32. The summed E-state index contributed by atoms with van der Waals surface area (Å²) in [4.78, 5) is 3.63. The molecule has 1 aromatic rings. The van der Waals surface area contributed by atoms with Gasteiger partial charge in [-0.2, -0.15) is 0 Å². The topological polar surface area (TPSA) is 50.2 Å². The molecule has 1 atom stereocenters. The molecule has 0 saturated heterocycles. The Morgan fingerprint density at radius 1 is 1.50 bits per heavy atom. The van der Waals surface area contributed by atoms with E-state index in [0.717, 1.165) is 0 Å². The van der Waals surface area contributed by atoms with Crippen molar-refractivity contribution in [1.29, 1.82) is 0 Å². The van der Waals surface area contributed by atoms with Crippen LogP contribution in [0.4, 0.5) is 0 Å². The number of rotatable bonds is 1. The van der Waals surface area contributed by atoms with Gasteiger partial charge in [0.05, 0.1) is 0 Å². The Hall–Kier alpha value is -0.143. The standard InChI is InChI=1S/C5H5NO2S.Li/c7-9(8)5-3-1-2-4-6-5;/h1-4H,(H,7,8);. The summed E-state index contributed by atoms with van der Waals surface area (Å²) in [6.07, 6.45) is 1.48. The van der Waals surface area contributed by atoms with Crippen molar-refractivity contribution >= 4 is 29.9 Å². The fourth-order valence-corrected chi connectivity index (χ4v) is 0.796. The van der Waals surface area contributed by atoms with Gasteiger partial charge in [-0.05, 0) is 12.1 Å². The van der Waals surface area contributed by atoms with Crippen molar-refractivity contribution in [3.05, 3.63) is 24.4 Å². The minimum Gasteiger partial charge on any atom is -0.301 e. The maximum absolute atomic E-state index is 10.2. The summed E-state index contributed by atoms with van der Waals surface area (Å²) in [7, 11) is 0. The first-order chi connectivity index (χ1) is 4.30. The minimum atomic E-state index is -1.94. The molecular weight excluding hydrogens is 145 g/mol. The molecule has 1 heterocycles. The van der Waals surface area contributed by atoms with Crippen molar-refractivity contribution in [2.45, 2.75) is 5.03 Å². The molecule has 0 saturated carbocycles. The van der Waals surface area contributed by atoms with Crippen molar-refractivity contribution in [1.82, 2.24) is 4.98 Å². The zero-order chi connectivity index (χ0) is 6.69. The summed E-state index contributed by atoms with van der Waals surface area (Å²) >= 11 is -1.94. The predicted molar refractivity (Wildman–Crippen MR) is 39.0 cm³/mol. The SMILES string of the molecule is O=S(O)c1ccccn1.[Li]. The molecule has 1 aromatic heterocycles. The van der Waals surface area contributed by atoms with Crippen LogP contribution in [0.5, 0.6) is 0 Å². The Morgan fingerprint density at radius 3 is 2.50 bits per heavy atom. The molecule has 49 valence electrons. The maximum Gasteiger partial charge on any atom is 0.205 e. The van der Waals surface area contributed by atoms with Crippen LogP contribution in [0.3, 0.4) is 0 Å². The molecule has 1 rings (SSSR count). The van der Waals surface area contributed by atoms with E-state index in [1.807, 2.05) is 0 Å². The molecule has 3 nitrogen and oxygen atoms in total. The fourth-order valence-electron chi connectivity index (χ4n) is 0.450. The molecule has 0 spiro atoms. The van der Waals surface area contributed by atoms with Gasteiger partial charge in [-0.3, -0.25) is 0 Å². The molecule has 0 aliphatic carbocycles. The Balaban J connectivity index is 0.000000810. The van der Waals surface area contributed by atoms with Crippen molar-refractivity contribution in [3.63, 3.8) is 0 Å². The molecule has 1 radical (unpaired) electrons. The molecule has 10 heavy (non-hydrogen) atoms. The third kappa shape index (κ3) is 2.63. The van der Waals surface area contributed by atoms with Crippen LogP contribution in [0.15, 0.2) is 29.4 Å². The summed E-state index contributed by atoms with van der Waals surface area (Å²) in [5.74, 6) is 0. The van der Waals surface area contributed by atoms with Gasteiger partial charge >= 0.3 is 0 Å². The summed E-state index contributed by atoms with van der Waals surface area (Å²) in [5, 5.41) is 0.192. The zero-order valence-corrected chi connectivity index (χ0v) is 6.34. The van der Waals surface area contributed by atoms with E-state index in [4.69, 9.17) is 4.55 Å². The summed E-state index contributed by atoms with van der Waals surface area (Å²) in [6, 6.07) is 4.85. The number of aromatic nitrogens is 1. The molecule has 1 unspecified atom stereocenters. The van der Waals surface area contributed by atoms with Crippen molar-refractivity contribution in [2.24, 2.45) is 0 Å². The van der Waals surface area contributed by atoms with E-state index in [1.165, 1.54) is 12.3 Å². The quantitative estimate of drug-likeness (QED) is 0.462. The zero-order valence-electron chi connectivity index (χ0n) is 5.52. The van der Waals surface area contributed by atoms with E-state index in [0.29, 0.717) is 0 Å². The molecule has 0 fully saturated rings. The van der Waals surface area contributed by atoms with E-state index in [1.54, 1.807) is 12.1 Å². The van der Waals surface area contributed by atoms with Crippen LogP contribution < -0.4 is 0 Å². The van der Waals surface area contributed by atoms with Crippen molar-refractivity contribution in [2.75, 3.05) is 0 Å². The van der Waals surface area contributed by atoms with Crippen LogP contribution in [0, 0.1) is 0 Å². The van der Waals surface area contributed by atoms with Crippen LogP contribution in [0.1, 0.15) is 0 Å². The van der Waals surface area contributed by atoms with Gasteiger partial charge in [0, 0.05) is 25.1 Å². The molecule has 5 heteroatoms. The van der Waals surface area contributed by atoms with E-state index < -0.39 is 11.1 Å². The Bertz CT molecular complexity index is 216. The first kappa shape index (κ1) is 9.86. The van der Waals surface area contributed by atoms with Crippen LogP contribution in [-0.4, -0.2) is 32.6 Å². The number of hydrogen-bond acceptors (Lipinski definition) is 2. The molecular formula is C5H5LiNO2S. The first-order valence-corrected chi connectivity index (χ1v) is 3.43. The second-order valence-electron chi connectivity index (χ2n) is 1.42. The van der Waals surface area contributed by atoms with Gasteiger partial charge < -0.3 is 4.55 Å². The Labute approximate surface area is 73.3 Å². The molecule has 0 aliphatic heterocycles. The Morgan fingerprint density at radius 2 is 2.20 bits per heavy atom. The van der Waals surface area contributed by atoms with E-state index in [-0.39, 0.29) is 23.9 Å². The van der Waals surface area contributed by atoms with Gasteiger partial charge in [-0.15, -0.1) is 0 Å². The molecule has 0 amide bonds. The number of pyridine rings is 1. The molecule has 0 aliphatic rings. The smallest absolute Gasteiger partial charge is 0.205 e. The predicted octanol–water partition coefficient (Wildman–Crippen LogP) is 0.281. The van der Waals surface area contributed by atoms with Gasteiger partial charge in [0.2, 0.25) is 11.1 Å². The molecule has 1 N–H and O–H groups in total. The van der Waals surface area contributed by atoms with E-state index >= 15 is 0 Å². The molecule has 0 bridgehead atoms. The van der Waals surface area contributed by atoms with Gasteiger partial charge in [0.25, 0.3) is 0 Å². The largest absolute Gasteiger partial charge is 0.301 e. The summed E-state index contributed by atoms with van der Waals surface area (Å²) < 4.78 is 18.7. The minimum absolute atomic E-state index is 0. The van der Waals surface area contributed by atoms with Gasteiger partial charge in [-0.25, -0.2) is 9.19 Å². The third-order valence-corrected chi connectivity index (χ3v) is 1.42. The Kier molecular flexibility index (Phi) is 4.57. The second kappa shape index (κ2) is 4.64. The fraction of sp³-hybridized carbons (Fsp3) is 0. The second-order valence-corrected chi connectivity index (χ2v) is 2.33. The number of nitrogens with zero attached hydrogens (tertiary/aromatic N) is 1. The van der Waals surface area contributed by atoms with Gasteiger partial charge in [0.1, 0.15) is 0 Å². The van der Waals surface area contributed by atoms with E-state index in [9.17, 15) is 4.21 Å². The monoisotopic (exact) mass is 150 g/mol. The van der Waals surface area contributed by atoms with E-state index in [2.05, 4.69) is 4.98 Å². The number of hydrogen-bond donors (Lipinski definition) is 1. The van der Waals surface area contributed by atoms with Crippen LogP contribution in [0.25, 0.3) is 0 Å². The van der Waals surface area contributed by atoms with Crippen LogP contribution in [-0.2, 0) is 11.1 Å². The summed E-state index contributed by atoms with van der Waals surface area (Å²) in [6.45, 7) is 0. The maximum atomic E-state index is 10.2. The average molecular weight is 150 g/mol. The van der Waals surface area contributed by atoms with Crippen LogP contribution in [0.2, 0.25) is 0 Å². The van der Waals surface area contributed by atoms with Gasteiger partial charge in [0.15, 0.2) is 5.03 Å². The van der Waals surface area contributed by atoms with Crippen LogP contribution >= 0.6 is 0 Å². The molecule has 0 aromatic carbocycles. The van der Waals surface area contributed by atoms with Gasteiger partial charge in [-0.1, -0.05) is 6.07 Å². The summed E-state index contributed by atoms with van der Waals surface area (Å²) in [5.41, 5.74) is 0. The third-order valence-electron chi connectivity index (χ3n) is 0.817.